The third-order valence-electron chi connectivity index (χ3n) is 8.85. The molecule has 0 aliphatic rings. The number of hydrogen-bond donors (Lipinski definition) is 0. The van der Waals surface area contributed by atoms with Crippen molar-refractivity contribution in [1.82, 2.24) is 15.0 Å². The number of oxazole rings is 3. The van der Waals surface area contributed by atoms with Crippen molar-refractivity contribution in [1.29, 1.82) is 0 Å². The Morgan fingerprint density at radius 2 is 1.02 bits per heavy atom. The van der Waals surface area contributed by atoms with Crippen LogP contribution in [-0.4, -0.2) is 15.0 Å². The van der Waals surface area contributed by atoms with Gasteiger partial charge < -0.3 is 18.0 Å². The van der Waals surface area contributed by atoms with Gasteiger partial charge in [-0.15, -0.1) is 0 Å². The first-order valence-corrected chi connectivity index (χ1v) is 15.1. The molecule has 222 valence electrons. The Bertz CT molecular complexity index is 2130. The zero-order chi connectivity index (χ0) is 30.6. The lowest BCUT2D eigenvalue weighted by molar-refractivity contribution is 0.373. The van der Waals surface area contributed by atoms with Crippen LogP contribution in [0.15, 0.2) is 92.1 Å². The van der Waals surface area contributed by atoms with Gasteiger partial charge in [0.25, 0.3) is 0 Å². The van der Waals surface area contributed by atoms with Gasteiger partial charge in [0.2, 0.25) is 17.7 Å². The molecule has 7 aromatic rings. The average Bonchev–Trinajstić information content (AvgIpc) is 3.77. The SMILES string of the molecule is CCC(C)(C)c1ccc2oc(-c3ccc(-c4nc5cc(Oc6ccc7oc(C(C)(C)CC)nc7c6)ccc5o4)cc3)nc2c1. The van der Waals surface area contributed by atoms with E-state index in [0.717, 1.165) is 52.1 Å². The summed E-state index contributed by atoms with van der Waals surface area (Å²) in [5.74, 6) is 3.19. The summed E-state index contributed by atoms with van der Waals surface area (Å²) in [6.07, 6.45) is 1.98. The van der Waals surface area contributed by atoms with Crippen LogP contribution in [0.4, 0.5) is 0 Å². The van der Waals surface area contributed by atoms with Crippen LogP contribution in [0.5, 0.6) is 11.5 Å². The summed E-state index contributed by atoms with van der Waals surface area (Å²) in [5, 5.41) is 0. The molecule has 7 heteroatoms. The number of nitrogens with zero attached hydrogens (tertiary/aromatic N) is 3. The van der Waals surface area contributed by atoms with E-state index in [1.807, 2.05) is 66.7 Å². The summed E-state index contributed by atoms with van der Waals surface area (Å²) in [4.78, 5) is 14.2. The summed E-state index contributed by atoms with van der Waals surface area (Å²) in [6.45, 7) is 13.1. The monoisotopic (exact) mass is 585 g/mol. The minimum atomic E-state index is -0.128. The molecule has 0 amide bonds. The van der Waals surface area contributed by atoms with Crippen molar-refractivity contribution in [3.63, 3.8) is 0 Å². The highest BCUT2D eigenvalue weighted by atomic mass is 16.5. The largest absolute Gasteiger partial charge is 0.457 e. The molecule has 3 heterocycles. The molecule has 0 unspecified atom stereocenters. The maximum Gasteiger partial charge on any atom is 0.227 e. The number of fused-ring (bicyclic) bond motifs is 3. The van der Waals surface area contributed by atoms with E-state index in [0.29, 0.717) is 34.4 Å². The molecule has 0 fully saturated rings. The van der Waals surface area contributed by atoms with Crippen LogP contribution in [0, 0.1) is 0 Å². The van der Waals surface area contributed by atoms with Gasteiger partial charge in [0.05, 0.1) is 0 Å². The van der Waals surface area contributed by atoms with Crippen LogP contribution < -0.4 is 4.74 Å². The van der Waals surface area contributed by atoms with Gasteiger partial charge in [0.15, 0.2) is 16.7 Å². The predicted molar refractivity (Wildman–Crippen MR) is 173 cm³/mol. The second-order valence-electron chi connectivity index (χ2n) is 12.7. The molecule has 0 spiro atoms. The summed E-state index contributed by atoms with van der Waals surface area (Å²) >= 11 is 0. The van der Waals surface area contributed by atoms with Gasteiger partial charge in [0, 0.05) is 28.7 Å². The van der Waals surface area contributed by atoms with E-state index in [2.05, 4.69) is 53.7 Å². The number of rotatable bonds is 8. The van der Waals surface area contributed by atoms with E-state index in [4.69, 9.17) is 32.9 Å². The van der Waals surface area contributed by atoms with E-state index in [1.54, 1.807) is 0 Å². The first-order valence-electron chi connectivity index (χ1n) is 15.1. The first kappa shape index (κ1) is 27.9. The van der Waals surface area contributed by atoms with Crippen LogP contribution in [-0.2, 0) is 10.8 Å². The van der Waals surface area contributed by atoms with Crippen LogP contribution in [0.2, 0.25) is 0 Å². The number of benzene rings is 4. The molecular formula is C37H35N3O4. The zero-order valence-corrected chi connectivity index (χ0v) is 25.9. The molecule has 0 atom stereocenters. The molecule has 0 saturated carbocycles. The molecule has 0 N–H and O–H groups in total. The van der Waals surface area contributed by atoms with Crippen molar-refractivity contribution >= 4 is 33.3 Å². The minimum absolute atomic E-state index is 0.0869. The van der Waals surface area contributed by atoms with Gasteiger partial charge in [-0.25, -0.2) is 15.0 Å². The minimum Gasteiger partial charge on any atom is -0.457 e. The van der Waals surface area contributed by atoms with Crippen molar-refractivity contribution in [3.05, 3.63) is 90.3 Å². The molecule has 0 radical (unpaired) electrons. The molecule has 0 bridgehead atoms. The lowest BCUT2D eigenvalue weighted by Crippen LogP contribution is -2.15. The van der Waals surface area contributed by atoms with Crippen LogP contribution in [0.25, 0.3) is 56.2 Å². The van der Waals surface area contributed by atoms with Gasteiger partial charge in [-0.2, -0.15) is 0 Å². The van der Waals surface area contributed by atoms with E-state index < -0.39 is 0 Å². The lowest BCUT2D eigenvalue weighted by Gasteiger charge is -2.22. The third-order valence-corrected chi connectivity index (χ3v) is 8.85. The molecule has 7 rings (SSSR count). The Labute approximate surface area is 255 Å². The van der Waals surface area contributed by atoms with Crippen LogP contribution in [0.1, 0.15) is 65.8 Å². The van der Waals surface area contributed by atoms with Gasteiger partial charge in [-0.3, -0.25) is 0 Å². The second kappa shape index (κ2) is 10.4. The predicted octanol–water partition coefficient (Wildman–Crippen LogP) is 10.6. The van der Waals surface area contributed by atoms with Crippen LogP contribution in [0.3, 0.4) is 0 Å². The molecule has 4 aromatic carbocycles. The summed E-state index contributed by atoms with van der Waals surface area (Å²) in [5.41, 5.74) is 7.52. The van der Waals surface area contributed by atoms with Gasteiger partial charge >= 0.3 is 0 Å². The quantitative estimate of drug-likeness (QED) is 0.175. The van der Waals surface area contributed by atoms with E-state index in [1.165, 1.54) is 5.56 Å². The van der Waals surface area contributed by atoms with Gasteiger partial charge in [-0.05, 0) is 84.5 Å². The number of aromatic nitrogens is 3. The van der Waals surface area contributed by atoms with E-state index >= 15 is 0 Å². The molecule has 7 nitrogen and oxygen atoms in total. The topological polar surface area (TPSA) is 87.3 Å². The van der Waals surface area contributed by atoms with Crippen molar-refractivity contribution < 1.29 is 18.0 Å². The standard InChI is InChI=1S/C37H35N3O4/c1-7-36(3,4)24-13-16-30-27(19-24)38-33(42-30)22-9-11-23(12-10-22)34-39-28-20-25(14-17-31(28)43-34)41-26-15-18-32-29(21-26)40-35(44-32)37(5,6)8-2/h9-21H,7-8H2,1-6H3. The fraction of sp³-hybridized carbons (Fsp3) is 0.270. The van der Waals surface area contributed by atoms with E-state index in [-0.39, 0.29) is 10.8 Å². The Kier molecular flexibility index (Phi) is 6.57. The molecular weight excluding hydrogens is 550 g/mol. The van der Waals surface area contributed by atoms with Gasteiger partial charge in [0.1, 0.15) is 28.0 Å². The molecule has 3 aromatic heterocycles. The maximum atomic E-state index is 6.17. The fourth-order valence-electron chi connectivity index (χ4n) is 5.07. The smallest absolute Gasteiger partial charge is 0.227 e. The lowest BCUT2D eigenvalue weighted by atomic mass is 9.82. The fourth-order valence-corrected chi connectivity index (χ4v) is 5.07. The average molecular weight is 586 g/mol. The highest BCUT2D eigenvalue weighted by Crippen LogP contribution is 2.35. The molecule has 44 heavy (non-hydrogen) atoms. The Balaban J connectivity index is 1.11. The normalized spacial score (nSPS) is 12.5. The second-order valence-corrected chi connectivity index (χ2v) is 12.7. The third kappa shape index (κ3) is 5.02. The first-order chi connectivity index (χ1) is 21.1. The highest BCUT2D eigenvalue weighted by Gasteiger charge is 2.25. The van der Waals surface area contributed by atoms with Crippen LogP contribution >= 0.6 is 0 Å². The van der Waals surface area contributed by atoms with Crippen molar-refractivity contribution in [2.45, 2.75) is 65.2 Å². The summed E-state index contributed by atoms with van der Waals surface area (Å²) in [6, 6.07) is 25.5. The van der Waals surface area contributed by atoms with E-state index in [9.17, 15) is 0 Å². The Morgan fingerprint density at radius 1 is 0.545 bits per heavy atom. The van der Waals surface area contributed by atoms with Crippen molar-refractivity contribution in [2.75, 3.05) is 0 Å². The number of hydrogen-bond acceptors (Lipinski definition) is 7. The molecule has 0 aliphatic heterocycles. The zero-order valence-electron chi connectivity index (χ0n) is 25.9. The maximum absolute atomic E-state index is 6.17. The Morgan fingerprint density at radius 3 is 1.57 bits per heavy atom. The molecule has 0 aliphatic carbocycles. The molecule has 0 saturated heterocycles. The summed E-state index contributed by atoms with van der Waals surface area (Å²) in [7, 11) is 0. The van der Waals surface area contributed by atoms with Gasteiger partial charge in [-0.1, -0.05) is 47.6 Å². The number of ether oxygens (including phenoxy) is 1. The Hall–Kier alpha value is -4.91. The highest BCUT2D eigenvalue weighted by molar-refractivity contribution is 5.80. The van der Waals surface area contributed by atoms with Crippen molar-refractivity contribution in [2.24, 2.45) is 0 Å². The summed E-state index contributed by atoms with van der Waals surface area (Å²) < 4.78 is 24.3. The van der Waals surface area contributed by atoms with Crippen molar-refractivity contribution in [3.8, 4) is 34.4 Å².